The summed E-state index contributed by atoms with van der Waals surface area (Å²) in [5, 5.41) is 11.3. The number of rotatable bonds is 3. The van der Waals surface area contributed by atoms with Gasteiger partial charge in [-0.15, -0.1) is 0 Å². The van der Waals surface area contributed by atoms with Crippen molar-refractivity contribution in [3.8, 4) is 0 Å². The summed E-state index contributed by atoms with van der Waals surface area (Å²) in [5.74, 6) is 0. The fourth-order valence-electron chi connectivity index (χ4n) is 3.15. The maximum atomic E-state index is 6.07. The number of hydrogen-bond acceptors (Lipinski definition) is 2. The molecule has 4 rings (SSSR count). The molecule has 134 valence electrons. The van der Waals surface area contributed by atoms with Crippen LogP contribution in [0.2, 0.25) is 5.02 Å². The zero-order valence-corrected chi connectivity index (χ0v) is 16.1. The second-order valence-corrected chi connectivity index (χ2v) is 7.15. The highest BCUT2D eigenvalue weighted by atomic mass is 35.5. The second kappa shape index (κ2) is 7.91. The number of para-hydroxylation sites is 1. The quantitative estimate of drug-likeness (QED) is 0.564. The molecule has 0 saturated carbocycles. The number of hydrazone groups is 1. The minimum Gasteiger partial charge on any atom is -0.331 e. The first kappa shape index (κ1) is 17.7. The zero-order chi connectivity index (χ0) is 18.6. The SMILES string of the molecule is S=C(Nc1ccccc1)N1N=C(c2ccccc2)C[C@@H]1c1ccc(Cl)cc1. The number of halogens is 1. The van der Waals surface area contributed by atoms with Gasteiger partial charge in [0.1, 0.15) is 0 Å². The summed E-state index contributed by atoms with van der Waals surface area (Å²) < 4.78 is 0. The molecular weight excluding hydrogens is 374 g/mol. The lowest BCUT2D eigenvalue weighted by Gasteiger charge is -2.25. The van der Waals surface area contributed by atoms with E-state index in [9.17, 15) is 0 Å². The van der Waals surface area contributed by atoms with Crippen molar-refractivity contribution >= 4 is 40.3 Å². The lowest BCUT2D eigenvalue weighted by atomic mass is 9.99. The third-order valence-corrected chi connectivity index (χ3v) is 5.05. The van der Waals surface area contributed by atoms with E-state index in [1.165, 1.54) is 0 Å². The van der Waals surface area contributed by atoms with Gasteiger partial charge in [-0.2, -0.15) is 5.10 Å². The van der Waals surface area contributed by atoms with Crippen molar-refractivity contribution in [2.75, 3.05) is 5.32 Å². The first-order chi connectivity index (χ1) is 13.2. The summed E-state index contributed by atoms with van der Waals surface area (Å²) in [5.41, 5.74) is 4.21. The average Bonchev–Trinajstić information content (AvgIpc) is 3.16. The average molecular weight is 392 g/mol. The molecule has 27 heavy (non-hydrogen) atoms. The minimum atomic E-state index is 0.0289. The lowest BCUT2D eigenvalue weighted by Crippen LogP contribution is -2.31. The molecule has 3 aromatic carbocycles. The Morgan fingerprint density at radius 3 is 2.22 bits per heavy atom. The van der Waals surface area contributed by atoms with Crippen LogP contribution in [-0.2, 0) is 0 Å². The Bertz CT molecular complexity index is 956. The Morgan fingerprint density at radius 1 is 0.926 bits per heavy atom. The number of nitrogens with zero attached hydrogens (tertiary/aromatic N) is 2. The van der Waals surface area contributed by atoms with Crippen molar-refractivity contribution in [1.82, 2.24) is 5.01 Å². The molecule has 0 radical (unpaired) electrons. The van der Waals surface area contributed by atoms with Gasteiger partial charge in [0.15, 0.2) is 5.11 Å². The van der Waals surface area contributed by atoms with Gasteiger partial charge in [0, 0.05) is 17.1 Å². The molecule has 0 bridgehead atoms. The summed E-state index contributed by atoms with van der Waals surface area (Å²) in [4.78, 5) is 0. The molecule has 1 aliphatic rings. The molecule has 3 aromatic rings. The molecule has 0 unspecified atom stereocenters. The van der Waals surface area contributed by atoms with Crippen LogP contribution in [0.4, 0.5) is 5.69 Å². The Morgan fingerprint density at radius 2 is 1.56 bits per heavy atom. The molecule has 1 atom stereocenters. The van der Waals surface area contributed by atoms with E-state index < -0.39 is 0 Å². The normalized spacial score (nSPS) is 16.1. The largest absolute Gasteiger partial charge is 0.331 e. The number of benzene rings is 3. The predicted molar refractivity (Wildman–Crippen MR) is 116 cm³/mol. The Hall–Kier alpha value is -2.69. The third kappa shape index (κ3) is 4.02. The first-order valence-electron chi connectivity index (χ1n) is 8.74. The first-order valence-corrected chi connectivity index (χ1v) is 9.53. The van der Waals surface area contributed by atoms with Gasteiger partial charge in [-0.3, -0.25) is 0 Å². The highest BCUT2D eigenvalue weighted by Crippen LogP contribution is 2.33. The molecule has 0 aromatic heterocycles. The molecule has 0 spiro atoms. The van der Waals surface area contributed by atoms with Crippen molar-refractivity contribution in [2.24, 2.45) is 5.10 Å². The van der Waals surface area contributed by atoms with E-state index in [4.69, 9.17) is 28.9 Å². The van der Waals surface area contributed by atoms with Crippen molar-refractivity contribution in [3.63, 3.8) is 0 Å². The molecule has 0 aliphatic carbocycles. The van der Waals surface area contributed by atoms with Gasteiger partial charge in [0.05, 0.1) is 11.8 Å². The van der Waals surface area contributed by atoms with Gasteiger partial charge in [0.25, 0.3) is 0 Å². The predicted octanol–water partition coefficient (Wildman–Crippen LogP) is 5.89. The van der Waals surface area contributed by atoms with Gasteiger partial charge in [-0.05, 0) is 47.6 Å². The van der Waals surface area contributed by atoms with Gasteiger partial charge in [-0.1, -0.05) is 72.3 Å². The van der Waals surface area contributed by atoms with E-state index in [1.807, 2.05) is 77.8 Å². The zero-order valence-electron chi connectivity index (χ0n) is 14.5. The van der Waals surface area contributed by atoms with E-state index in [2.05, 4.69) is 17.4 Å². The van der Waals surface area contributed by atoms with E-state index >= 15 is 0 Å². The maximum Gasteiger partial charge on any atom is 0.194 e. The van der Waals surface area contributed by atoms with Crippen LogP contribution in [0.1, 0.15) is 23.6 Å². The van der Waals surface area contributed by atoms with Crippen LogP contribution in [0.3, 0.4) is 0 Å². The van der Waals surface area contributed by atoms with Crippen molar-refractivity contribution < 1.29 is 0 Å². The molecule has 0 fully saturated rings. The lowest BCUT2D eigenvalue weighted by molar-refractivity contribution is 0.375. The highest BCUT2D eigenvalue weighted by Gasteiger charge is 2.31. The van der Waals surface area contributed by atoms with Gasteiger partial charge >= 0.3 is 0 Å². The third-order valence-electron chi connectivity index (χ3n) is 4.51. The van der Waals surface area contributed by atoms with Crippen LogP contribution < -0.4 is 5.32 Å². The molecule has 1 N–H and O–H groups in total. The molecule has 3 nitrogen and oxygen atoms in total. The van der Waals surface area contributed by atoms with Crippen molar-refractivity contribution in [2.45, 2.75) is 12.5 Å². The van der Waals surface area contributed by atoms with E-state index in [-0.39, 0.29) is 6.04 Å². The number of thiocarbonyl (C=S) groups is 1. The maximum absolute atomic E-state index is 6.07. The van der Waals surface area contributed by atoms with E-state index in [1.54, 1.807) is 0 Å². The minimum absolute atomic E-state index is 0.0289. The number of nitrogens with one attached hydrogen (secondary N) is 1. The van der Waals surface area contributed by atoms with Crippen molar-refractivity contribution in [3.05, 3.63) is 101 Å². The highest BCUT2D eigenvalue weighted by molar-refractivity contribution is 7.80. The van der Waals surface area contributed by atoms with Crippen LogP contribution in [0.15, 0.2) is 90.0 Å². The Balaban J connectivity index is 1.65. The monoisotopic (exact) mass is 391 g/mol. The topological polar surface area (TPSA) is 27.6 Å². The summed E-state index contributed by atoms with van der Waals surface area (Å²) in [7, 11) is 0. The van der Waals surface area contributed by atoms with Gasteiger partial charge in [0.2, 0.25) is 0 Å². The number of anilines is 1. The summed E-state index contributed by atoms with van der Waals surface area (Å²) in [6.07, 6.45) is 0.780. The molecule has 0 amide bonds. The van der Waals surface area contributed by atoms with Crippen molar-refractivity contribution in [1.29, 1.82) is 0 Å². The van der Waals surface area contributed by atoms with Crippen LogP contribution in [0, 0.1) is 0 Å². The summed E-state index contributed by atoms with van der Waals surface area (Å²) in [6.45, 7) is 0. The molecular formula is C22H18ClN3S. The van der Waals surface area contributed by atoms with Crippen LogP contribution >= 0.6 is 23.8 Å². The molecule has 5 heteroatoms. The van der Waals surface area contributed by atoms with E-state index in [0.29, 0.717) is 5.11 Å². The van der Waals surface area contributed by atoms with E-state index in [0.717, 1.165) is 34.0 Å². The standard InChI is InChI=1S/C22H18ClN3S/c23-18-13-11-17(12-14-18)21-15-20(16-7-3-1-4-8-16)25-26(21)22(27)24-19-9-5-2-6-10-19/h1-14,21H,15H2,(H,24,27)/t21-/m1/s1. The Labute approximate surface area is 169 Å². The number of hydrogen-bond donors (Lipinski definition) is 1. The Kier molecular flexibility index (Phi) is 5.19. The molecule has 1 heterocycles. The van der Waals surface area contributed by atoms with Gasteiger partial charge in [-0.25, -0.2) is 5.01 Å². The fourth-order valence-corrected chi connectivity index (χ4v) is 3.56. The summed E-state index contributed by atoms with van der Waals surface area (Å²) in [6, 6.07) is 28.0. The molecule has 0 saturated heterocycles. The van der Waals surface area contributed by atoms with Crippen LogP contribution in [0.25, 0.3) is 0 Å². The summed E-state index contributed by atoms with van der Waals surface area (Å²) >= 11 is 11.8. The van der Waals surface area contributed by atoms with Gasteiger partial charge < -0.3 is 5.32 Å². The smallest absolute Gasteiger partial charge is 0.194 e. The molecule has 1 aliphatic heterocycles. The fraction of sp³-hybridized carbons (Fsp3) is 0.0909. The second-order valence-electron chi connectivity index (χ2n) is 6.32. The van der Waals surface area contributed by atoms with Crippen LogP contribution in [0.5, 0.6) is 0 Å². The van der Waals surface area contributed by atoms with Crippen LogP contribution in [-0.4, -0.2) is 15.8 Å².